The van der Waals surface area contributed by atoms with Gasteiger partial charge in [0.15, 0.2) is 0 Å². The van der Waals surface area contributed by atoms with Gasteiger partial charge in [0.05, 0.1) is 0 Å². The number of hydrogen-bond donors (Lipinski definition) is 0. The van der Waals surface area contributed by atoms with Crippen molar-refractivity contribution in [1.82, 2.24) is 0 Å². The Morgan fingerprint density at radius 1 is 0.333 bits per heavy atom. The quantitative estimate of drug-likeness (QED) is 0.378. The lowest BCUT2D eigenvalue weighted by Gasteiger charge is -2.00. The molecule has 0 nitrogen and oxygen atoms in total. The standard InChI is InChI=1S/C6/c1-2-3(1)5(1)4(1,2)6(2,3)5. The lowest BCUT2D eigenvalue weighted by molar-refractivity contribution is 0.434. The molecule has 0 saturated heterocycles. The zero-order valence-electron chi connectivity index (χ0n) is 3.00. The molecule has 0 amide bonds. The zero-order valence-corrected chi connectivity index (χ0v) is 3.00. The van der Waals surface area contributed by atoms with Crippen molar-refractivity contribution in [2.45, 2.75) is 0 Å². The zero-order chi connectivity index (χ0) is 3.00. The molecule has 7 rings (SSSR count). The molecule has 6 heavy (non-hydrogen) atoms. The van der Waals surface area contributed by atoms with Gasteiger partial charge in [0.25, 0.3) is 0 Å². The van der Waals surface area contributed by atoms with Crippen LogP contribution in [0.2, 0.25) is 0 Å². The summed E-state index contributed by atoms with van der Waals surface area (Å²) in [4.78, 5) is 0. The van der Waals surface area contributed by atoms with Gasteiger partial charge in [-0.15, -0.1) is 0 Å². The van der Waals surface area contributed by atoms with E-state index in [4.69, 9.17) is 0 Å². The molecule has 0 aromatic heterocycles. The van der Waals surface area contributed by atoms with Gasteiger partial charge in [0, 0.05) is 32.5 Å². The van der Waals surface area contributed by atoms with Gasteiger partial charge in [-0.1, -0.05) is 0 Å². The summed E-state index contributed by atoms with van der Waals surface area (Å²) in [5.74, 6) is 0. The highest BCUT2D eigenvalue weighted by molar-refractivity contribution is 6.43. The van der Waals surface area contributed by atoms with E-state index in [1.165, 1.54) is 32.5 Å². The highest BCUT2D eigenvalue weighted by Crippen LogP contribution is 4.00. The molecule has 0 heteroatoms. The number of rotatable bonds is 0. The fraction of sp³-hybridized carbons (Fsp3) is 1.00. The smallest absolute Gasteiger partial charge is 0 e. The largest absolute Gasteiger partial charge is 0 e. The Morgan fingerprint density at radius 3 is 0.500 bits per heavy atom. The van der Waals surface area contributed by atoms with E-state index in [1.54, 1.807) is 0 Å². The van der Waals surface area contributed by atoms with Gasteiger partial charge in [-0.3, -0.25) is 0 Å². The second kappa shape index (κ2) is 0.0617. The van der Waals surface area contributed by atoms with Crippen LogP contribution >= 0.6 is 0 Å². The lowest BCUT2D eigenvalue weighted by atomic mass is 10.0. The third kappa shape index (κ3) is 0.00425. The van der Waals surface area contributed by atoms with E-state index in [-0.39, 0.29) is 0 Å². The average molecular weight is 72.1 g/mol. The average Bonchev–Trinajstić information content (AvgIpc) is 1.17. The van der Waals surface area contributed by atoms with E-state index < -0.39 is 0 Å². The second-order valence-electron chi connectivity index (χ2n) is 4.50. The summed E-state index contributed by atoms with van der Waals surface area (Å²) >= 11 is 0. The van der Waals surface area contributed by atoms with E-state index in [9.17, 15) is 0 Å². The van der Waals surface area contributed by atoms with Gasteiger partial charge >= 0.3 is 0 Å². The first-order valence-electron chi connectivity index (χ1n) is 3.00. The molecular formula is C6. The van der Waals surface area contributed by atoms with Crippen molar-refractivity contribution in [3.05, 3.63) is 0 Å². The van der Waals surface area contributed by atoms with Gasteiger partial charge in [-0.05, 0) is 0 Å². The third-order valence-electron chi connectivity index (χ3n) is 6.25. The fourth-order valence-corrected chi connectivity index (χ4v) is 6.94. The molecule has 0 unspecified atom stereocenters. The third-order valence-corrected chi connectivity index (χ3v) is 6.25. The van der Waals surface area contributed by atoms with Crippen LogP contribution in [0.5, 0.6) is 0 Å². The molecule has 0 N–H and O–H groups in total. The maximum atomic E-state index is 1.25. The molecular weight excluding hydrogens is 72.1 g/mol. The summed E-state index contributed by atoms with van der Waals surface area (Å²) in [5.41, 5.74) is 7.50. The van der Waals surface area contributed by atoms with Gasteiger partial charge < -0.3 is 0 Å². The van der Waals surface area contributed by atoms with E-state index in [0.29, 0.717) is 0 Å². The molecule has 0 aromatic carbocycles. The minimum atomic E-state index is 1.25. The Bertz CT molecular complexity index is 186. The highest BCUT2D eigenvalue weighted by atomic mass is 16.0. The Kier molecular flexibility index (Phi) is 0.0107. The van der Waals surface area contributed by atoms with Gasteiger partial charge in [-0.25, -0.2) is 0 Å². The predicted molar refractivity (Wildman–Crippen MR) is 14.6 cm³/mol. The molecule has 7 saturated carbocycles. The fourth-order valence-electron chi connectivity index (χ4n) is 6.94. The molecule has 7 aliphatic rings. The van der Waals surface area contributed by atoms with E-state index in [1.807, 2.05) is 0 Å². The van der Waals surface area contributed by atoms with Crippen LogP contribution < -0.4 is 0 Å². The van der Waals surface area contributed by atoms with E-state index in [0.717, 1.165) is 0 Å². The molecule has 2 spiro atoms. The van der Waals surface area contributed by atoms with E-state index >= 15 is 0 Å². The van der Waals surface area contributed by atoms with Crippen molar-refractivity contribution in [2.75, 3.05) is 0 Å². The van der Waals surface area contributed by atoms with Crippen molar-refractivity contribution < 1.29 is 0 Å². The Balaban J connectivity index is 3.00. The second-order valence-corrected chi connectivity index (χ2v) is 4.50. The lowest BCUT2D eigenvalue weighted by Crippen LogP contribution is -2.00. The summed E-state index contributed by atoms with van der Waals surface area (Å²) in [7, 11) is 0. The van der Waals surface area contributed by atoms with Gasteiger partial charge in [0.1, 0.15) is 0 Å². The summed E-state index contributed by atoms with van der Waals surface area (Å²) in [6, 6.07) is 0. The summed E-state index contributed by atoms with van der Waals surface area (Å²) < 4.78 is 0. The molecule has 0 heterocycles. The van der Waals surface area contributed by atoms with Crippen molar-refractivity contribution in [1.29, 1.82) is 0 Å². The molecule has 0 atom stereocenters. The number of hydrogen-bond acceptors (Lipinski definition) is 0. The van der Waals surface area contributed by atoms with Crippen molar-refractivity contribution in [2.24, 2.45) is 32.5 Å². The summed E-state index contributed by atoms with van der Waals surface area (Å²) in [6.07, 6.45) is 0. The normalized spacial score (nSPS) is 192. The molecule has 0 aromatic rings. The van der Waals surface area contributed by atoms with Crippen LogP contribution in [-0.2, 0) is 0 Å². The van der Waals surface area contributed by atoms with Gasteiger partial charge in [0.2, 0.25) is 0 Å². The van der Waals surface area contributed by atoms with E-state index in [2.05, 4.69) is 0 Å². The Morgan fingerprint density at radius 2 is 0.500 bits per heavy atom. The van der Waals surface area contributed by atoms with Crippen LogP contribution in [0.25, 0.3) is 0 Å². The Labute approximate surface area is 33.5 Å². The SMILES string of the molecule is C123C45C16C21C34C561. The van der Waals surface area contributed by atoms with Crippen molar-refractivity contribution in [3.8, 4) is 0 Å². The van der Waals surface area contributed by atoms with Crippen LogP contribution in [0.15, 0.2) is 0 Å². The van der Waals surface area contributed by atoms with Crippen LogP contribution in [0.3, 0.4) is 0 Å². The molecule has 0 aliphatic heterocycles. The first-order chi connectivity index (χ1) is 3.00. The van der Waals surface area contributed by atoms with Crippen LogP contribution in [0, 0.1) is 32.5 Å². The van der Waals surface area contributed by atoms with Crippen LogP contribution in [0.1, 0.15) is 0 Å². The molecule has 7 aliphatic carbocycles. The molecule has 7 fully saturated rings. The first-order valence-corrected chi connectivity index (χ1v) is 3.00. The highest BCUT2D eigenvalue weighted by Gasteiger charge is 4.00. The minimum Gasteiger partial charge on any atom is 0 e. The van der Waals surface area contributed by atoms with Crippen molar-refractivity contribution in [3.63, 3.8) is 0 Å². The summed E-state index contributed by atoms with van der Waals surface area (Å²) in [5, 5.41) is 0. The first kappa shape index (κ1) is 1.04. The van der Waals surface area contributed by atoms with Crippen LogP contribution in [0.4, 0.5) is 0 Å². The molecule has 24 valence electrons. The summed E-state index contributed by atoms with van der Waals surface area (Å²) in [6.45, 7) is 0. The Hall–Kier alpha value is 0. The van der Waals surface area contributed by atoms with Crippen molar-refractivity contribution >= 4 is 0 Å². The molecule has 0 radical (unpaired) electrons. The predicted octanol–water partition coefficient (Wildman–Crippen LogP) is 0. The molecule has 6 bridgehead atoms. The van der Waals surface area contributed by atoms with Gasteiger partial charge in [-0.2, -0.15) is 0 Å². The topological polar surface area (TPSA) is 0 Å². The minimum absolute atomic E-state index is 1.25. The monoisotopic (exact) mass is 72.0 g/mol. The maximum Gasteiger partial charge on any atom is 0 e. The maximum absolute atomic E-state index is 1.25. The van der Waals surface area contributed by atoms with Crippen LogP contribution in [-0.4, -0.2) is 0 Å².